The van der Waals surface area contributed by atoms with Gasteiger partial charge in [-0.2, -0.15) is 0 Å². The molecule has 1 rings (SSSR count). The minimum absolute atomic E-state index is 0.206. The van der Waals surface area contributed by atoms with Crippen molar-refractivity contribution >= 4 is 12.5 Å². The first-order chi connectivity index (χ1) is 5.18. The van der Waals surface area contributed by atoms with Crippen molar-refractivity contribution < 1.29 is 14.0 Å². The second-order valence-electron chi connectivity index (χ2n) is 2.42. The van der Waals surface area contributed by atoms with Gasteiger partial charge in [-0.1, -0.05) is 0 Å². The Kier molecular flexibility index (Phi) is 2.36. The second-order valence-corrected chi connectivity index (χ2v) is 2.42. The van der Waals surface area contributed by atoms with Crippen LogP contribution in [0.2, 0.25) is 0 Å². The maximum Gasteiger partial charge on any atom is 0.255 e. The highest BCUT2D eigenvalue weighted by Gasteiger charge is 1.90. The van der Waals surface area contributed by atoms with Crippen LogP contribution in [0.4, 0.5) is 0 Å². The highest BCUT2D eigenvalue weighted by Crippen LogP contribution is 1.77. The molecular formula is C7H10BNO2. The summed E-state index contributed by atoms with van der Waals surface area (Å²) in [7, 11) is 1.89. The van der Waals surface area contributed by atoms with E-state index in [1.54, 1.807) is 0 Å². The van der Waals surface area contributed by atoms with E-state index in [9.17, 15) is 4.79 Å². The van der Waals surface area contributed by atoms with Gasteiger partial charge in [0.1, 0.15) is 13.6 Å². The Morgan fingerprint density at radius 1 is 1.64 bits per heavy atom. The largest absolute Gasteiger partial charge is 0.688 e. The van der Waals surface area contributed by atoms with Gasteiger partial charge in [-0.3, -0.25) is 4.79 Å². The monoisotopic (exact) mass is 151 g/mol. The van der Waals surface area contributed by atoms with Crippen molar-refractivity contribution in [3.8, 4) is 0 Å². The third-order valence-electron chi connectivity index (χ3n) is 1.31. The van der Waals surface area contributed by atoms with Crippen LogP contribution in [0.15, 0.2) is 24.3 Å². The van der Waals surface area contributed by atoms with Gasteiger partial charge in [-0.05, 0) is 6.07 Å². The summed E-state index contributed by atoms with van der Waals surface area (Å²) in [5, 5.41) is 0. The zero-order valence-corrected chi connectivity index (χ0v) is 6.65. The maximum absolute atomic E-state index is 10.5. The Labute approximate surface area is 65.7 Å². The van der Waals surface area contributed by atoms with Crippen LogP contribution in [0.1, 0.15) is 6.92 Å². The first-order valence-corrected chi connectivity index (χ1v) is 3.44. The molecular weight excluding hydrogens is 141 g/mol. The first kappa shape index (κ1) is 7.92. The molecule has 0 N–H and O–H groups in total. The Morgan fingerprint density at radius 3 is 2.91 bits per heavy atom. The lowest BCUT2D eigenvalue weighted by Crippen LogP contribution is -2.32. The Hall–Kier alpha value is -1.19. The van der Waals surface area contributed by atoms with Crippen LogP contribution < -0.4 is 9.22 Å². The summed E-state index contributed by atoms with van der Waals surface area (Å²) >= 11 is 0. The summed E-state index contributed by atoms with van der Waals surface area (Å²) in [6, 6.07) is 1.85. The van der Waals surface area contributed by atoms with Gasteiger partial charge >= 0.3 is 0 Å². The van der Waals surface area contributed by atoms with Gasteiger partial charge in [0.05, 0.1) is 0 Å². The predicted molar refractivity (Wildman–Crippen MR) is 40.8 cm³/mol. The number of rotatable bonds is 1. The number of carbonyl (C=O) groups is 1. The smallest absolute Gasteiger partial charge is 0.255 e. The SMILES string of the molecule is CC(=O)O[b-]1ccc[n+](C)c1. The van der Waals surface area contributed by atoms with Crippen molar-refractivity contribution in [1.82, 2.24) is 0 Å². The molecule has 0 saturated heterocycles. The maximum atomic E-state index is 10.5. The molecule has 1 aromatic heterocycles. The first-order valence-electron chi connectivity index (χ1n) is 3.44. The molecule has 4 heteroatoms. The minimum atomic E-state index is -0.258. The third kappa shape index (κ3) is 2.49. The summed E-state index contributed by atoms with van der Waals surface area (Å²) in [6.07, 6.45) is 3.71. The second kappa shape index (κ2) is 3.28. The fraction of sp³-hybridized carbons (Fsp3) is 0.286. The molecule has 0 amide bonds. The molecule has 1 aromatic rings. The molecule has 0 saturated carbocycles. The average molecular weight is 151 g/mol. The Bertz CT molecular complexity index is 275. The minimum Gasteiger partial charge on any atom is -0.688 e. The lowest BCUT2D eigenvalue weighted by molar-refractivity contribution is -0.669. The van der Waals surface area contributed by atoms with Crippen molar-refractivity contribution in [1.29, 1.82) is 0 Å². The topological polar surface area (TPSA) is 30.2 Å². The van der Waals surface area contributed by atoms with Gasteiger partial charge in [0.15, 0.2) is 6.20 Å². The molecule has 0 fully saturated rings. The number of aryl methyl sites for hydroxylation is 1. The van der Waals surface area contributed by atoms with Gasteiger partial charge in [0.25, 0.3) is 5.97 Å². The fourth-order valence-corrected chi connectivity index (χ4v) is 0.887. The zero-order chi connectivity index (χ0) is 8.27. The molecule has 58 valence electrons. The molecule has 3 nitrogen and oxygen atoms in total. The van der Waals surface area contributed by atoms with E-state index in [1.165, 1.54) is 6.92 Å². The van der Waals surface area contributed by atoms with Crippen molar-refractivity contribution in [2.45, 2.75) is 6.92 Å². The van der Waals surface area contributed by atoms with E-state index in [-0.39, 0.29) is 12.5 Å². The highest BCUT2D eigenvalue weighted by atomic mass is 16.5. The van der Waals surface area contributed by atoms with Gasteiger partial charge < -0.3 is 4.65 Å². The van der Waals surface area contributed by atoms with E-state index < -0.39 is 0 Å². The molecule has 0 unspecified atom stereocenters. The van der Waals surface area contributed by atoms with E-state index in [2.05, 4.69) is 0 Å². The van der Waals surface area contributed by atoms with Crippen molar-refractivity contribution in [2.75, 3.05) is 0 Å². The standard InChI is InChI=1S/C7H10BNO2/c1-7(10)11-8-4-3-5-9(2)6-8/h3-6H,1-2H3. The molecule has 0 aromatic carbocycles. The van der Waals surface area contributed by atoms with Crippen LogP contribution in [-0.2, 0) is 11.8 Å². The Balaban J connectivity index is 2.79. The summed E-state index contributed by atoms with van der Waals surface area (Å²) in [5.74, 6) is 1.56. The van der Waals surface area contributed by atoms with Gasteiger partial charge in [0, 0.05) is 13.0 Å². The Morgan fingerprint density at radius 2 is 2.36 bits per heavy atom. The lowest BCUT2D eigenvalue weighted by atomic mass is 9.89. The number of aromatic nitrogens is 1. The summed E-state index contributed by atoms with van der Waals surface area (Å²) < 4.78 is 6.77. The van der Waals surface area contributed by atoms with Crippen molar-refractivity contribution in [3.63, 3.8) is 0 Å². The van der Waals surface area contributed by atoms with E-state index in [0.29, 0.717) is 0 Å². The molecule has 0 aliphatic carbocycles. The number of hydrogen-bond donors (Lipinski definition) is 0. The molecule has 1 heterocycles. The van der Waals surface area contributed by atoms with E-state index in [4.69, 9.17) is 4.65 Å². The van der Waals surface area contributed by atoms with E-state index >= 15 is 0 Å². The van der Waals surface area contributed by atoms with Crippen LogP contribution in [-0.4, -0.2) is 12.5 Å². The molecule has 0 atom stereocenters. The van der Waals surface area contributed by atoms with Crippen molar-refractivity contribution in [3.05, 3.63) is 24.3 Å². The number of nitrogens with zero attached hydrogens (tertiary/aromatic N) is 1. The van der Waals surface area contributed by atoms with E-state index in [1.807, 2.05) is 35.9 Å². The zero-order valence-electron chi connectivity index (χ0n) is 6.65. The van der Waals surface area contributed by atoms with Gasteiger partial charge in [-0.15, -0.1) is 0 Å². The number of hydrogen-bond acceptors (Lipinski definition) is 2. The lowest BCUT2D eigenvalue weighted by Gasteiger charge is -2.09. The van der Waals surface area contributed by atoms with Crippen LogP contribution in [0, 0.1) is 0 Å². The summed E-state index contributed by atoms with van der Waals surface area (Å²) in [5.41, 5.74) is 0. The van der Waals surface area contributed by atoms with Crippen molar-refractivity contribution in [2.24, 2.45) is 7.05 Å². The normalized spacial score (nSPS) is 9.27. The van der Waals surface area contributed by atoms with Gasteiger partial charge in [-0.25, -0.2) is 10.5 Å². The molecule has 0 radical (unpaired) electrons. The molecule has 0 aliphatic heterocycles. The average Bonchev–Trinajstić information content (AvgIpc) is 1.85. The third-order valence-corrected chi connectivity index (χ3v) is 1.31. The molecule has 0 spiro atoms. The van der Waals surface area contributed by atoms with Gasteiger partial charge in [0.2, 0.25) is 0 Å². The van der Waals surface area contributed by atoms with E-state index in [0.717, 1.165) is 0 Å². The number of carbonyl (C=O) groups excluding carboxylic acids is 1. The van der Waals surface area contributed by atoms with Crippen LogP contribution in [0.3, 0.4) is 0 Å². The van der Waals surface area contributed by atoms with Crippen LogP contribution in [0.5, 0.6) is 0 Å². The molecule has 0 aliphatic rings. The summed E-state index contributed by atoms with van der Waals surface area (Å²) in [6.45, 7) is 1.20. The summed E-state index contributed by atoms with van der Waals surface area (Å²) in [4.78, 5) is 10.5. The molecule has 11 heavy (non-hydrogen) atoms. The molecule has 0 bridgehead atoms. The predicted octanol–water partition coefficient (Wildman–Crippen LogP) is -0.488. The fourth-order valence-electron chi connectivity index (χ4n) is 0.887. The highest BCUT2D eigenvalue weighted by molar-refractivity contribution is 6.44. The van der Waals surface area contributed by atoms with Crippen LogP contribution in [0.25, 0.3) is 0 Å². The van der Waals surface area contributed by atoms with Crippen LogP contribution >= 0.6 is 0 Å². The quantitative estimate of drug-likeness (QED) is 0.507.